The summed E-state index contributed by atoms with van der Waals surface area (Å²) in [4.78, 5) is 24.9. The fourth-order valence-electron chi connectivity index (χ4n) is 2.58. The Hall–Kier alpha value is -1.56. The molecule has 5 nitrogen and oxygen atoms in total. The average molecular weight is 355 g/mol. The van der Waals surface area contributed by atoms with Crippen molar-refractivity contribution in [3.8, 4) is 0 Å². The summed E-state index contributed by atoms with van der Waals surface area (Å²) in [5, 5.41) is 11.9. The molecule has 2 amide bonds. The molecule has 1 aromatic carbocycles. The van der Waals surface area contributed by atoms with Crippen LogP contribution in [0, 0.1) is 19.8 Å². The first-order chi connectivity index (χ1) is 9.88. The number of aryl methyl sites for hydroxylation is 2. The topological polar surface area (TPSA) is 69.6 Å². The molecule has 2 N–H and O–H groups in total. The van der Waals surface area contributed by atoms with Crippen LogP contribution >= 0.6 is 15.9 Å². The van der Waals surface area contributed by atoms with Crippen LogP contribution in [-0.4, -0.2) is 35.1 Å². The van der Waals surface area contributed by atoms with E-state index in [2.05, 4.69) is 21.2 Å². The van der Waals surface area contributed by atoms with Crippen LogP contribution in [0.2, 0.25) is 0 Å². The molecule has 21 heavy (non-hydrogen) atoms. The average Bonchev–Trinajstić information content (AvgIpc) is 2.44. The number of hydrogen-bond donors (Lipinski definition) is 2. The summed E-state index contributed by atoms with van der Waals surface area (Å²) >= 11 is 3.49. The molecule has 1 saturated heterocycles. The Morgan fingerprint density at radius 2 is 1.95 bits per heavy atom. The molecular formula is C15H19BrN2O3. The molecule has 0 aromatic heterocycles. The number of carboxylic acids is 1. The summed E-state index contributed by atoms with van der Waals surface area (Å²) in [6.45, 7) is 4.81. The van der Waals surface area contributed by atoms with Gasteiger partial charge in [-0.25, -0.2) is 4.79 Å². The van der Waals surface area contributed by atoms with Gasteiger partial charge in [-0.05, 0) is 49.9 Å². The summed E-state index contributed by atoms with van der Waals surface area (Å²) in [7, 11) is 0. The summed E-state index contributed by atoms with van der Waals surface area (Å²) < 4.78 is 1.03. The van der Waals surface area contributed by atoms with Crippen LogP contribution in [0.4, 0.5) is 10.5 Å². The molecule has 1 aromatic rings. The number of anilines is 1. The van der Waals surface area contributed by atoms with Crippen LogP contribution in [0.3, 0.4) is 0 Å². The monoisotopic (exact) mass is 354 g/mol. The predicted molar refractivity (Wildman–Crippen MR) is 84.6 cm³/mol. The largest absolute Gasteiger partial charge is 0.481 e. The van der Waals surface area contributed by atoms with Gasteiger partial charge in [-0.1, -0.05) is 15.9 Å². The van der Waals surface area contributed by atoms with Gasteiger partial charge in [-0.3, -0.25) is 4.79 Å². The number of nitrogens with zero attached hydrogens (tertiary/aromatic N) is 1. The van der Waals surface area contributed by atoms with E-state index in [4.69, 9.17) is 5.11 Å². The third-order valence-corrected chi connectivity index (χ3v) is 5.00. The highest BCUT2D eigenvalue weighted by molar-refractivity contribution is 9.10. The quantitative estimate of drug-likeness (QED) is 0.854. The lowest BCUT2D eigenvalue weighted by molar-refractivity contribution is -0.143. The third kappa shape index (κ3) is 3.75. The van der Waals surface area contributed by atoms with Gasteiger partial charge in [0.05, 0.1) is 5.92 Å². The number of carboxylic acid groups (broad SMARTS) is 1. The number of rotatable bonds is 2. The molecule has 114 valence electrons. The maximum absolute atomic E-state index is 12.3. The number of urea groups is 1. The molecule has 0 bridgehead atoms. The Kier molecular flexibility index (Phi) is 4.88. The van der Waals surface area contributed by atoms with E-state index in [9.17, 15) is 9.59 Å². The van der Waals surface area contributed by atoms with E-state index in [1.165, 1.54) is 0 Å². The lowest BCUT2D eigenvalue weighted by atomic mass is 9.99. The number of carbonyl (C=O) groups excluding carboxylic acids is 1. The van der Waals surface area contributed by atoms with Crippen molar-refractivity contribution in [2.45, 2.75) is 26.7 Å². The minimum atomic E-state index is -0.831. The fourth-order valence-corrected chi connectivity index (χ4v) is 2.81. The summed E-state index contributed by atoms with van der Waals surface area (Å²) in [6, 6.07) is 3.56. The van der Waals surface area contributed by atoms with Gasteiger partial charge < -0.3 is 15.3 Å². The van der Waals surface area contributed by atoms with E-state index in [1.54, 1.807) is 4.90 Å². The lowest BCUT2D eigenvalue weighted by Gasteiger charge is -2.30. The highest BCUT2D eigenvalue weighted by Gasteiger charge is 2.28. The van der Waals surface area contributed by atoms with Gasteiger partial charge in [0.25, 0.3) is 0 Å². The number of halogens is 1. The smallest absolute Gasteiger partial charge is 0.321 e. The number of aliphatic carboxylic acids is 1. The van der Waals surface area contributed by atoms with Crippen molar-refractivity contribution >= 4 is 33.6 Å². The molecule has 0 spiro atoms. The lowest BCUT2D eigenvalue weighted by Crippen LogP contribution is -2.44. The molecule has 0 saturated carbocycles. The first-order valence-electron chi connectivity index (χ1n) is 6.94. The van der Waals surface area contributed by atoms with Crippen LogP contribution in [0.1, 0.15) is 24.0 Å². The maximum atomic E-state index is 12.3. The second-order valence-corrected chi connectivity index (χ2v) is 6.27. The number of amides is 2. The minimum Gasteiger partial charge on any atom is -0.481 e. The highest BCUT2D eigenvalue weighted by atomic mass is 79.9. The zero-order valence-corrected chi connectivity index (χ0v) is 13.7. The van der Waals surface area contributed by atoms with E-state index >= 15 is 0 Å². The van der Waals surface area contributed by atoms with Gasteiger partial charge in [0.15, 0.2) is 0 Å². The van der Waals surface area contributed by atoms with E-state index in [1.807, 2.05) is 26.0 Å². The van der Waals surface area contributed by atoms with Gasteiger partial charge in [0.1, 0.15) is 0 Å². The van der Waals surface area contributed by atoms with Gasteiger partial charge in [-0.2, -0.15) is 0 Å². The Labute approximate surface area is 132 Å². The number of piperidine rings is 1. The molecule has 1 heterocycles. The van der Waals surface area contributed by atoms with E-state index < -0.39 is 11.9 Å². The Bertz CT molecular complexity index is 551. The standard InChI is InChI=1S/C15H19BrN2O3/c1-9-6-12(7-10(2)13(9)16)17-15(21)18-5-3-4-11(8-18)14(19)20/h6-7,11H,3-5,8H2,1-2H3,(H,17,21)(H,19,20). The molecule has 6 heteroatoms. The molecule has 1 aliphatic rings. The van der Waals surface area contributed by atoms with Crippen LogP contribution in [0.15, 0.2) is 16.6 Å². The van der Waals surface area contributed by atoms with E-state index in [-0.39, 0.29) is 12.6 Å². The second-order valence-electron chi connectivity index (χ2n) is 5.48. The van der Waals surface area contributed by atoms with Crippen LogP contribution in [0.5, 0.6) is 0 Å². The first kappa shape index (κ1) is 15.8. The first-order valence-corrected chi connectivity index (χ1v) is 7.73. The fraction of sp³-hybridized carbons (Fsp3) is 0.467. The predicted octanol–water partition coefficient (Wildman–Crippen LogP) is 3.39. The van der Waals surface area contributed by atoms with Crippen molar-refractivity contribution in [3.63, 3.8) is 0 Å². The number of likely N-dealkylation sites (tertiary alicyclic amines) is 1. The Morgan fingerprint density at radius 1 is 1.33 bits per heavy atom. The molecule has 1 unspecified atom stereocenters. The zero-order valence-electron chi connectivity index (χ0n) is 12.1. The summed E-state index contributed by atoms with van der Waals surface area (Å²) in [5.41, 5.74) is 2.83. The summed E-state index contributed by atoms with van der Waals surface area (Å²) in [6.07, 6.45) is 1.36. The molecule has 2 rings (SSSR count). The van der Waals surface area contributed by atoms with E-state index in [0.29, 0.717) is 13.0 Å². The number of hydrogen-bond acceptors (Lipinski definition) is 2. The maximum Gasteiger partial charge on any atom is 0.321 e. The normalized spacial score (nSPS) is 18.4. The van der Waals surface area contributed by atoms with Gasteiger partial charge in [0, 0.05) is 23.2 Å². The van der Waals surface area contributed by atoms with Crippen molar-refractivity contribution in [3.05, 3.63) is 27.7 Å². The zero-order chi connectivity index (χ0) is 15.6. The van der Waals surface area contributed by atoms with Crippen molar-refractivity contribution < 1.29 is 14.7 Å². The Balaban J connectivity index is 2.06. The molecule has 1 aliphatic heterocycles. The molecule has 1 fully saturated rings. The molecule has 0 radical (unpaired) electrons. The number of nitrogens with one attached hydrogen (secondary N) is 1. The van der Waals surface area contributed by atoms with Crippen molar-refractivity contribution in [2.24, 2.45) is 5.92 Å². The highest BCUT2D eigenvalue weighted by Crippen LogP contribution is 2.25. The van der Waals surface area contributed by atoms with E-state index in [0.717, 1.165) is 27.7 Å². The third-order valence-electron chi connectivity index (χ3n) is 3.75. The molecular weight excluding hydrogens is 336 g/mol. The summed E-state index contributed by atoms with van der Waals surface area (Å²) in [5.74, 6) is -1.29. The van der Waals surface area contributed by atoms with Crippen molar-refractivity contribution in [1.82, 2.24) is 4.90 Å². The van der Waals surface area contributed by atoms with Crippen LogP contribution < -0.4 is 5.32 Å². The number of benzene rings is 1. The van der Waals surface area contributed by atoms with Crippen molar-refractivity contribution in [1.29, 1.82) is 0 Å². The van der Waals surface area contributed by atoms with Gasteiger partial charge in [0.2, 0.25) is 0 Å². The Morgan fingerprint density at radius 3 is 2.52 bits per heavy atom. The van der Waals surface area contributed by atoms with Crippen LogP contribution in [-0.2, 0) is 4.79 Å². The van der Waals surface area contributed by atoms with Crippen LogP contribution in [0.25, 0.3) is 0 Å². The minimum absolute atomic E-state index is 0.234. The number of carbonyl (C=O) groups is 2. The van der Waals surface area contributed by atoms with Gasteiger partial charge >= 0.3 is 12.0 Å². The molecule has 1 atom stereocenters. The van der Waals surface area contributed by atoms with Gasteiger partial charge in [-0.15, -0.1) is 0 Å². The SMILES string of the molecule is Cc1cc(NC(=O)N2CCCC(C(=O)O)C2)cc(C)c1Br. The van der Waals surface area contributed by atoms with Crippen molar-refractivity contribution in [2.75, 3.05) is 18.4 Å². The molecule has 0 aliphatic carbocycles. The second kappa shape index (κ2) is 6.47.